The van der Waals surface area contributed by atoms with Gasteiger partial charge in [0.05, 0.1) is 12.1 Å². The van der Waals surface area contributed by atoms with Crippen molar-refractivity contribution in [2.45, 2.75) is 19.9 Å². The third-order valence-corrected chi connectivity index (χ3v) is 2.87. The van der Waals surface area contributed by atoms with Crippen LogP contribution in [0.15, 0.2) is 24.5 Å². The van der Waals surface area contributed by atoms with Crippen molar-refractivity contribution in [3.63, 3.8) is 0 Å². The Labute approximate surface area is 106 Å². The third-order valence-electron chi connectivity index (χ3n) is 2.87. The zero-order valence-electron chi connectivity index (χ0n) is 10.7. The fraction of sp³-hybridized carbons (Fsp3) is 0.385. The van der Waals surface area contributed by atoms with E-state index in [0.717, 1.165) is 16.7 Å². The number of aliphatic hydroxyl groups excluding tert-OH is 1. The molecule has 1 aromatic carbocycles. The van der Waals surface area contributed by atoms with Crippen LogP contribution < -0.4 is 10.6 Å². The third kappa shape index (κ3) is 2.36. The van der Waals surface area contributed by atoms with Crippen LogP contribution in [-0.2, 0) is 0 Å². The number of hydrogen-bond donors (Lipinski definition) is 2. The van der Waals surface area contributed by atoms with Gasteiger partial charge in [0.1, 0.15) is 12.1 Å². The molecule has 0 radical (unpaired) electrons. The van der Waals surface area contributed by atoms with Crippen LogP contribution in [0, 0.1) is 0 Å². The van der Waals surface area contributed by atoms with E-state index in [1.807, 2.05) is 23.1 Å². The number of nitrogen functional groups attached to an aromatic ring is 1. The number of aliphatic hydroxyl groups is 1. The van der Waals surface area contributed by atoms with Crippen molar-refractivity contribution in [2.75, 3.05) is 23.8 Å². The molecule has 0 spiro atoms. The van der Waals surface area contributed by atoms with Gasteiger partial charge >= 0.3 is 0 Å². The van der Waals surface area contributed by atoms with Crippen molar-refractivity contribution in [1.82, 2.24) is 9.97 Å². The highest BCUT2D eigenvalue weighted by Crippen LogP contribution is 2.25. The Kier molecular flexibility index (Phi) is 3.62. The molecule has 0 unspecified atom stereocenters. The minimum Gasteiger partial charge on any atom is -0.399 e. The molecular weight excluding hydrogens is 228 g/mol. The normalized spacial score (nSPS) is 11.1. The largest absolute Gasteiger partial charge is 0.399 e. The van der Waals surface area contributed by atoms with Gasteiger partial charge in [0.25, 0.3) is 0 Å². The Morgan fingerprint density at radius 1 is 1.33 bits per heavy atom. The first-order valence-electron chi connectivity index (χ1n) is 6.01. The summed E-state index contributed by atoms with van der Waals surface area (Å²) in [4.78, 5) is 10.6. The average Bonchev–Trinajstić information content (AvgIpc) is 2.35. The first-order chi connectivity index (χ1) is 8.63. The fourth-order valence-corrected chi connectivity index (χ4v) is 2.01. The Morgan fingerprint density at radius 2 is 2.11 bits per heavy atom. The van der Waals surface area contributed by atoms with Crippen molar-refractivity contribution >= 4 is 22.4 Å². The number of hydrogen-bond acceptors (Lipinski definition) is 5. The molecule has 2 aromatic rings. The number of fused-ring (bicyclic) bond motifs is 1. The average molecular weight is 246 g/mol. The maximum Gasteiger partial charge on any atom is 0.140 e. The molecule has 0 saturated carbocycles. The molecule has 5 heteroatoms. The van der Waals surface area contributed by atoms with E-state index < -0.39 is 0 Å². The summed E-state index contributed by atoms with van der Waals surface area (Å²) in [6.07, 6.45) is 1.54. The Hall–Kier alpha value is -1.88. The first kappa shape index (κ1) is 12.6. The molecule has 96 valence electrons. The molecule has 0 saturated heterocycles. The van der Waals surface area contributed by atoms with Gasteiger partial charge in [-0.3, -0.25) is 0 Å². The molecule has 2 rings (SSSR count). The maximum absolute atomic E-state index is 9.16. The fourth-order valence-electron chi connectivity index (χ4n) is 2.01. The quantitative estimate of drug-likeness (QED) is 0.798. The molecule has 0 aliphatic carbocycles. The zero-order valence-corrected chi connectivity index (χ0v) is 10.7. The smallest absolute Gasteiger partial charge is 0.140 e. The molecule has 0 atom stereocenters. The number of anilines is 2. The van der Waals surface area contributed by atoms with Crippen LogP contribution in [0.3, 0.4) is 0 Å². The second-order valence-corrected chi connectivity index (χ2v) is 4.48. The second kappa shape index (κ2) is 5.18. The van der Waals surface area contributed by atoms with Crippen LogP contribution in [-0.4, -0.2) is 34.3 Å². The highest BCUT2D eigenvalue weighted by atomic mass is 16.3. The van der Waals surface area contributed by atoms with Crippen LogP contribution in [0.2, 0.25) is 0 Å². The Bertz CT molecular complexity index is 542. The minimum absolute atomic E-state index is 0.0893. The summed E-state index contributed by atoms with van der Waals surface area (Å²) < 4.78 is 0. The molecule has 0 bridgehead atoms. The van der Waals surface area contributed by atoms with Crippen molar-refractivity contribution in [3.05, 3.63) is 24.5 Å². The maximum atomic E-state index is 9.16. The van der Waals surface area contributed by atoms with Gasteiger partial charge in [-0.05, 0) is 32.0 Å². The van der Waals surface area contributed by atoms with E-state index in [1.165, 1.54) is 0 Å². The van der Waals surface area contributed by atoms with Gasteiger partial charge in [-0.1, -0.05) is 0 Å². The monoisotopic (exact) mass is 246 g/mol. The van der Waals surface area contributed by atoms with E-state index in [-0.39, 0.29) is 12.6 Å². The standard InChI is InChI=1S/C13H18N4O/c1-9(2)17(5-6-18)13-11-7-10(14)3-4-12(11)15-8-16-13/h3-4,7-9,18H,5-6,14H2,1-2H3. The molecule has 5 nitrogen and oxygen atoms in total. The number of nitrogens with zero attached hydrogens (tertiary/aromatic N) is 3. The first-order valence-corrected chi connectivity index (χ1v) is 6.01. The Balaban J connectivity index is 2.57. The lowest BCUT2D eigenvalue weighted by Gasteiger charge is -2.27. The molecule has 1 aromatic heterocycles. The summed E-state index contributed by atoms with van der Waals surface area (Å²) in [5.74, 6) is 0.816. The summed E-state index contributed by atoms with van der Waals surface area (Å²) in [7, 11) is 0. The van der Waals surface area contributed by atoms with E-state index in [4.69, 9.17) is 10.8 Å². The highest BCUT2D eigenvalue weighted by molar-refractivity contribution is 5.91. The summed E-state index contributed by atoms with van der Waals surface area (Å²) >= 11 is 0. The number of nitrogens with two attached hydrogens (primary N) is 1. The van der Waals surface area contributed by atoms with Gasteiger partial charge < -0.3 is 15.7 Å². The van der Waals surface area contributed by atoms with Crippen LogP contribution in [0.5, 0.6) is 0 Å². The van der Waals surface area contributed by atoms with E-state index in [0.29, 0.717) is 12.2 Å². The number of benzene rings is 1. The van der Waals surface area contributed by atoms with Crippen molar-refractivity contribution in [1.29, 1.82) is 0 Å². The minimum atomic E-state index is 0.0893. The summed E-state index contributed by atoms with van der Waals surface area (Å²) in [6, 6.07) is 5.83. The molecule has 0 amide bonds. The molecule has 0 aliphatic rings. The topological polar surface area (TPSA) is 75.3 Å². The van der Waals surface area contributed by atoms with Gasteiger partial charge in [0.15, 0.2) is 0 Å². The van der Waals surface area contributed by atoms with E-state index >= 15 is 0 Å². The van der Waals surface area contributed by atoms with Crippen molar-refractivity contribution in [3.8, 4) is 0 Å². The summed E-state index contributed by atoms with van der Waals surface area (Å²) in [5.41, 5.74) is 7.36. The van der Waals surface area contributed by atoms with Crippen LogP contribution in [0.25, 0.3) is 10.9 Å². The summed E-state index contributed by atoms with van der Waals surface area (Å²) in [6.45, 7) is 4.76. The van der Waals surface area contributed by atoms with E-state index in [2.05, 4.69) is 23.8 Å². The number of rotatable bonds is 4. The summed E-state index contributed by atoms with van der Waals surface area (Å²) in [5, 5.41) is 10.1. The van der Waals surface area contributed by atoms with E-state index in [1.54, 1.807) is 6.33 Å². The molecule has 18 heavy (non-hydrogen) atoms. The molecular formula is C13H18N4O. The molecule has 0 aliphatic heterocycles. The van der Waals surface area contributed by atoms with Gasteiger partial charge in [-0.15, -0.1) is 0 Å². The van der Waals surface area contributed by atoms with Crippen LogP contribution in [0.4, 0.5) is 11.5 Å². The number of aromatic nitrogens is 2. The highest BCUT2D eigenvalue weighted by Gasteiger charge is 2.14. The van der Waals surface area contributed by atoms with Crippen LogP contribution >= 0.6 is 0 Å². The molecule has 3 N–H and O–H groups in total. The molecule has 1 heterocycles. The lowest BCUT2D eigenvalue weighted by Crippen LogP contribution is -2.34. The lowest BCUT2D eigenvalue weighted by atomic mass is 10.2. The predicted octanol–water partition coefficient (Wildman–Crippen LogP) is 1.42. The van der Waals surface area contributed by atoms with Crippen LogP contribution in [0.1, 0.15) is 13.8 Å². The molecule has 0 fully saturated rings. The predicted molar refractivity (Wildman–Crippen MR) is 73.5 cm³/mol. The zero-order chi connectivity index (χ0) is 13.1. The van der Waals surface area contributed by atoms with E-state index in [9.17, 15) is 0 Å². The van der Waals surface area contributed by atoms with Gasteiger partial charge in [-0.25, -0.2) is 9.97 Å². The second-order valence-electron chi connectivity index (χ2n) is 4.48. The van der Waals surface area contributed by atoms with Crippen molar-refractivity contribution in [2.24, 2.45) is 0 Å². The Morgan fingerprint density at radius 3 is 2.78 bits per heavy atom. The SMILES string of the molecule is CC(C)N(CCO)c1ncnc2ccc(N)cc12. The van der Waals surface area contributed by atoms with Gasteiger partial charge in [-0.2, -0.15) is 0 Å². The van der Waals surface area contributed by atoms with Crippen molar-refractivity contribution < 1.29 is 5.11 Å². The van der Waals surface area contributed by atoms with Gasteiger partial charge in [0.2, 0.25) is 0 Å². The van der Waals surface area contributed by atoms with Gasteiger partial charge in [0, 0.05) is 23.7 Å². The lowest BCUT2D eigenvalue weighted by molar-refractivity contribution is 0.299.